The molecule has 0 saturated carbocycles. The van der Waals surface area contributed by atoms with Crippen LogP contribution in [0.15, 0.2) is 30.3 Å². The van der Waals surface area contributed by atoms with E-state index in [0.717, 1.165) is 5.56 Å². The summed E-state index contributed by atoms with van der Waals surface area (Å²) in [4.78, 5) is 0. The van der Waals surface area contributed by atoms with E-state index in [1.165, 1.54) is 0 Å². The fraction of sp³-hybridized carbons (Fsp3) is 0.400. The predicted octanol–water partition coefficient (Wildman–Crippen LogP) is -1.56. The van der Waals surface area contributed by atoms with Crippen LogP contribution in [0.5, 0.6) is 0 Å². The topological polar surface area (TPSA) is 32.3 Å². The van der Waals surface area contributed by atoms with Gasteiger partial charge in [0.1, 0.15) is 0 Å². The Hall–Kier alpha value is -0.570. The van der Waals surface area contributed by atoms with Crippen molar-refractivity contribution in [2.75, 3.05) is 7.05 Å². The van der Waals surface area contributed by atoms with Gasteiger partial charge >= 0.3 is 1.43 Å². The smallest absolute Gasteiger partial charge is 1.00 e. The molecule has 0 fully saturated rings. The van der Waals surface area contributed by atoms with Gasteiger partial charge in [-0.25, -0.2) is 0 Å². The first kappa shape index (κ1) is 12.4. The molecule has 0 bridgehead atoms. The second-order valence-electron chi connectivity index (χ2n) is 2.93. The summed E-state index contributed by atoms with van der Waals surface area (Å²) in [6.07, 6.45) is -0.420. The summed E-state index contributed by atoms with van der Waals surface area (Å²) < 4.78 is 0. The number of hydrogen-bond donors (Lipinski definition) is 2. The molecule has 0 saturated heterocycles. The van der Waals surface area contributed by atoms with E-state index in [0.29, 0.717) is 0 Å². The molecule has 1 aromatic carbocycles. The van der Waals surface area contributed by atoms with Crippen molar-refractivity contribution in [2.45, 2.75) is 19.1 Å². The van der Waals surface area contributed by atoms with Crippen molar-refractivity contribution < 1.29 is 18.9 Å². The minimum atomic E-state index is -0.420. The van der Waals surface area contributed by atoms with Gasteiger partial charge in [0, 0.05) is 6.04 Å². The molecule has 0 heterocycles. The Bertz CT molecular complexity index is 233. The van der Waals surface area contributed by atoms with Crippen LogP contribution in [-0.4, -0.2) is 18.2 Å². The van der Waals surface area contributed by atoms with Gasteiger partial charge in [-0.05, 0) is 19.5 Å². The number of likely N-dealkylation sites (N-methyl/N-ethyl adjacent to an activating group) is 1. The fourth-order valence-corrected chi connectivity index (χ4v) is 1.10. The van der Waals surface area contributed by atoms with E-state index >= 15 is 0 Å². The highest BCUT2D eigenvalue weighted by molar-refractivity contribution is 5.18. The molecule has 1 aromatic rings. The molecular weight excluding hydrogens is 186 g/mol. The zero-order valence-electron chi connectivity index (χ0n) is 8.87. The Labute approximate surface area is 86.9 Å². The number of rotatable bonds is 3. The van der Waals surface area contributed by atoms with Gasteiger partial charge < -0.3 is 22.8 Å². The Kier molecular flexibility index (Phi) is 5.71. The van der Waals surface area contributed by atoms with Crippen molar-refractivity contribution in [3.05, 3.63) is 35.9 Å². The molecule has 2 nitrogen and oxygen atoms in total. The Morgan fingerprint density at radius 3 is 2.31 bits per heavy atom. The first-order valence-electron chi connectivity index (χ1n) is 4.16. The maximum atomic E-state index is 9.73. The average Bonchev–Trinajstić information content (AvgIpc) is 2.17. The molecule has 0 aliphatic rings. The molecule has 0 aromatic heterocycles. The van der Waals surface area contributed by atoms with Crippen molar-refractivity contribution in [2.24, 2.45) is 0 Å². The third-order valence-corrected chi connectivity index (χ3v) is 2.07. The van der Waals surface area contributed by atoms with E-state index in [1.54, 1.807) is 0 Å². The third-order valence-electron chi connectivity index (χ3n) is 2.07. The maximum Gasteiger partial charge on any atom is 1.00 e. The van der Waals surface area contributed by atoms with Gasteiger partial charge in [-0.1, -0.05) is 30.3 Å². The number of hydrogen-bond acceptors (Lipinski definition) is 2. The normalized spacial score (nSPS) is 14.4. The van der Waals surface area contributed by atoms with Crippen LogP contribution in [0.3, 0.4) is 0 Å². The molecule has 13 heavy (non-hydrogen) atoms. The van der Waals surface area contributed by atoms with E-state index < -0.39 is 6.10 Å². The van der Waals surface area contributed by atoms with Crippen LogP contribution in [0.2, 0.25) is 0 Å². The third kappa shape index (κ3) is 3.35. The van der Waals surface area contributed by atoms with Crippen molar-refractivity contribution in [3.63, 3.8) is 0 Å². The second kappa shape index (κ2) is 5.97. The summed E-state index contributed by atoms with van der Waals surface area (Å²) in [5, 5.41) is 12.7. The van der Waals surface area contributed by atoms with E-state index in [2.05, 4.69) is 5.32 Å². The van der Waals surface area contributed by atoms with E-state index in [9.17, 15) is 5.11 Å². The first-order chi connectivity index (χ1) is 5.75. The summed E-state index contributed by atoms with van der Waals surface area (Å²) in [6.45, 7) is 1.96. The number of aliphatic hydroxyl groups is 1. The zero-order chi connectivity index (χ0) is 8.97. The number of aliphatic hydroxyl groups excluding tert-OH is 1. The lowest BCUT2D eigenvalue weighted by Gasteiger charge is -2.17. The van der Waals surface area contributed by atoms with E-state index in [4.69, 9.17) is 0 Å². The van der Waals surface area contributed by atoms with E-state index in [1.807, 2.05) is 44.3 Å². The lowest BCUT2D eigenvalue weighted by molar-refractivity contribution is -0.00000403. The van der Waals surface area contributed by atoms with Gasteiger partial charge in [-0.15, -0.1) is 0 Å². The molecule has 1 rings (SSSR count). The number of nitrogens with one attached hydrogen (secondary N) is 1. The van der Waals surface area contributed by atoms with Crippen LogP contribution in [-0.2, 0) is 0 Å². The molecule has 0 unspecified atom stereocenters. The molecule has 3 heteroatoms. The van der Waals surface area contributed by atoms with Crippen LogP contribution < -0.4 is 17.7 Å². The lowest BCUT2D eigenvalue weighted by Crippen LogP contribution is -3.00. The molecule has 2 N–H and O–H groups in total. The number of benzene rings is 1. The summed E-state index contributed by atoms with van der Waals surface area (Å²) in [6, 6.07) is 9.76. The lowest BCUT2D eigenvalue weighted by atomic mass is 10.0. The SMILES string of the molecule is CN[C@H](C)[C@@H](O)c1ccccc1.[Cl-].[H+]. The molecular formula is C10H16ClNO. The van der Waals surface area contributed by atoms with Gasteiger partial charge in [-0.3, -0.25) is 0 Å². The minimum absolute atomic E-state index is 0. The second-order valence-corrected chi connectivity index (χ2v) is 2.93. The predicted molar refractivity (Wildman–Crippen MR) is 51.0 cm³/mol. The van der Waals surface area contributed by atoms with Crippen molar-refractivity contribution in [1.82, 2.24) is 5.32 Å². The first-order valence-corrected chi connectivity index (χ1v) is 4.16. The quantitative estimate of drug-likeness (QED) is 0.621. The molecule has 0 aliphatic heterocycles. The van der Waals surface area contributed by atoms with E-state index in [-0.39, 0.29) is 19.9 Å². The standard InChI is InChI=1S/C10H15NO.ClH/c1-8(11-2)10(12)9-6-4-3-5-7-9;/h3-8,10-12H,1-2H3;1H/t8-,10-;/m1./s1. The largest absolute Gasteiger partial charge is 1.00 e. The Balaban J connectivity index is 0. The van der Waals surface area contributed by atoms with Gasteiger partial charge in [-0.2, -0.15) is 0 Å². The average molecular weight is 202 g/mol. The Morgan fingerprint density at radius 2 is 1.85 bits per heavy atom. The zero-order valence-corrected chi connectivity index (χ0v) is 8.62. The van der Waals surface area contributed by atoms with Crippen LogP contribution in [0.4, 0.5) is 0 Å². The molecule has 0 aliphatic carbocycles. The highest BCUT2D eigenvalue weighted by atomic mass is 35.5. The van der Waals surface area contributed by atoms with Gasteiger partial charge in [0.2, 0.25) is 0 Å². The van der Waals surface area contributed by atoms with Gasteiger partial charge in [0.25, 0.3) is 0 Å². The molecule has 0 spiro atoms. The van der Waals surface area contributed by atoms with Crippen LogP contribution in [0.1, 0.15) is 20.0 Å². The molecule has 74 valence electrons. The minimum Gasteiger partial charge on any atom is -1.00 e. The van der Waals surface area contributed by atoms with Gasteiger partial charge in [0.15, 0.2) is 0 Å². The van der Waals surface area contributed by atoms with Crippen LogP contribution in [0.25, 0.3) is 0 Å². The highest BCUT2D eigenvalue weighted by Crippen LogP contribution is 2.15. The summed E-state index contributed by atoms with van der Waals surface area (Å²) in [5.74, 6) is 0. The van der Waals surface area contributed by atoms with Crippen molar-refractivity contribution >= 4 is 0 Å². The van der Waals surface area contributed by atoms with Crippen molar-refractivity contribution in [1.29, 1.82) is 0 Å². The van der Waals surface area contributed by atoms with Crippen LogP contribution in [0, 0.1) is 0 Å². The van der Waals surface area contributed by atoms with Crippen molar-refractivity contribution in [3.8, 4) is 0 Å². The van der Waals surface area contributed by atoms with Gasteiger partial charge in [0.05, 0.1) is 6.10 Å². The molecule has 0 radical (unpaired) electrons. The Morgan fingerprint density at radius 1 is 1.31 bits per heavy atom. The monoisotopic (exact) mass is 201 g/mol. The molecule has 0 amide bonds. The fourth-order valence-electron chi connectivity index (χ4n) is 1.10. The summed E-state index contributed by atoms with van der Waals surface area (Å²) in [5.41, 5.74) is 0.958. The summed E-state index contributed by atoms with van der Waals surface area (Å²) in [7, 11) is 1.84. The number of halogens is 1. The van der Waals surface area contributed by atoms with Crippen LogP contribution >= 0.6 is 0 Å². The maximum absolute atomic E-state index is 9.73. The summed E-state index contributed by atoms with van der Waals surface area (Å²) >= 11 is 0. The highest BCUT2D eigenvalue weighted by Gasteiger charge is 2.12. The molecule has 2 atom stereocenters.